The van der Waals surface area contributed by atoms with E-state index in [2.05, 4.69) is 12.1 Å². The number of hydrogen-bond acceptors (Lipinski definition) is 2. The highest BCUT2D eigenvalue weighted by molar-refractivity contribution is 6.08. The molecule has 2 heteroatoms. The molecule has 0 N–H and O–H groups in total. The van der Waals surface area contributed by atoms with Crippen LogP contribution in [0.15, 0.2) is 72.8 Å². The Hall–Kier alpha value is -2.87. The number of rotatable bonds is 4. The first-order chi connectivity index (χ1) is 10.3. The Kier molecular flexibility index (Phi) is 3.79. The second-order valence-electron chi connectivity index (χ2n) is 4.47. The van der Waals surface area contributed by atoms with Crippen LogP contribution in [-0.2, 0) is 0 Å². The lowest BCUT2D eigenvalue weighted by atomic mass is 10.0. The Labute approximate surface area is 123 Å². The highest BCUT2D eigenvalue weighted by atomic mass is 16.5. The third-order valence-corrected chi connectivity index (χ3v) is 3.01. The SMILES string of the molecule is O=C(c1cc[c]cc1)c1ccc(Oc2[c]cccc2)cc1. The van der Waals surface area contributed by atoms with E-state index in [9.17, 15) is 4.79 Å². The fourth-order valence-corrected chi connectivity index (χ4v) is 1.95. The standard InChI is InChI=1S/C19H12O2/c20-19(15-7-3-1-4-8-15)16-11-13-18(14-12-16)21-17-9-5-2-6-10-17/h2-9,11-14H. The molecular formula is C19H12O2. The third-order valence-electron chi connectivity index (χ3n) is 3.01. The largest absolute Gasteiger partial charge is 0.457 e. The fourth-order valence-electron chi connectivity index (χ4n) is 1.95. The van der Waals surface area contributed by atoms with Crippen molar-refractivity contribution >= 4 is 5.78 Å². The number of carbonyl (C=O) groups is 1. The summed E-state index contributed by atoms with van der Waals surface area (Å²) in [5.41, 5.74) is 1.28. The van der Waals surface area contributed by atoms with Crippen molar-refractivity contribution in [2.45, 2.75) is 0 Å². The maximum atomic E-state index is 12.3. The van der Waals surface area contributed by atoms with Crippen LogP contribution in [0.25, 0.3) is 0 Å². The van der Waals surface area contributed by atoms with Gasteiger partial charge in [-0.15, -0.1) is 0 Å². The molecular weight excluding hydrogens is 260 g/mol. The number of ether oxygens (including phenoxy) is 1. The van der Waals surface area contributed by atoms with Gasteiger partial charge in [0.2, 0.25) is 0 Å². The number of ketones is 1. The first kappa shape index (κ1) is 13.1. The third kappa shape index (κ3) is 3.18. The molecule has 0 aliphatic carbocycles. The summed E-state index contributed by atoms with van der Waals surface area (Å²) in [5.74, 6) is 1.31. The van der Waals surface area contributed by atoms with Crippen LogP contribution in [-0.4, -0.2) is 5.78 Å². The zero-order chi connectivity index (χ0) is 14.5. The van der Waals surface area contributed by atoms with Gasteiger partial charge in [0.15, 0.2) is 5.78 Å². The van der Waals surface area contributed by atoms with Gasteiger partial charge < -0.3 is 4.74 Å². The van der Waals surface area contributed by atoms with Crippen molar-refractivity contribution in [2.24, 2.45) is 0 Å². The van der Waals surface area contributed by atoms with Gasteiger partial charge in [-0.2, -0.15) is 0 Å². The summed E-state index contributed by atoms with van der Waals surface area (Å²) in [6.45, 7) is 0. The number of hydrogen-bond donors (Lipinski definition) is 0. The lowest BCUT2D eigenvalue weighted by molar-refractivity contribution is 0.103. The molecule has 0 bridgehead atoms. The van der Waals surface area contributed by atoms with Crippen LogP contribution in [0, 0.1) is 12.1 Å². The van der Waals surface area contributed by atoms with E-state index in [4.69, 9.17) is 4.74 Å². The van der Waals surface area contributed by atoms with Gasteiger partial charge in [0.1, 0.15) is 11.5 Å². The molecule has 0 spiro atoms. The van der Waals surface area contributed by atoms with E-state index in [1.54, 1.807) is 54.6 Å². The minimum atomic E-state index is -0.0122. The summed E-state index contributed by atoms with van der Waals surface area (Å²) < 4.78 is 5.65. The predicted molar refractivity (Wildman–Crippen MR) is 80.5 cm³/mol. The summed E-state index contributed by atoms with van der Waals surface area (Å²) in [5, 5.41) is 0. The molecule has 21 heavy (non-hydrogen) atoms. The zero-order valence-corrected chi connectivity index (χ0v) is 11.2. The number of carbonyl (C=O) groups excluding carboxylic acids is 1. The first-order valence-electron chi connectivity index (χ1n) is 6.58. The van der Waals surface area contributed by atoms with E-state index >= 15 is 0 Å². The Morgan fingerprint density at radius 1 is 0.810 bits per heavy atom. The van der Waals surface area contributed by atoms with Crippen LogP contribution >= 0.6 is 0 Å². The van der Waals surface area contributed by atoms with Gasteiger partial charge in [0.05, 0.1) is 0 Å². The molecule has 3 aromatic rings. The summed E-state index contributed by atoms with van der Waals surface area (Å²) >= 11 is 0. The summed E-state index contributed by atoms with van der Waals surface area (Å²) in [7, 11) is 0. The molecule has 0 atom stereocenters. The van der Waals surface area contributed by atoms with Gasteiger partial charge in [0.25, 0.3) is 0 Å². The Morgan fingerprint density at radius 2 is 1.52 bits per heavy atom. The van der Waals surface area contributed by atoms with Crippen molar-refractivity contribution < 1.29 is 9.53 Å². The van der Waals surface area contributed by atoms with Gasteiger partial charge in [0, 0.05) is 17.2 Å². The van der Waals surface area contributed by atoms with Crippen LogP contribution in [0.3, 0.4) is 0 Å². The molecule has 0 aliphatic heterocycles. The molecule has 0 saturated carbocycles. The highest BCUT2D eigenvalue weighted by Gasteiger charge is 2.08. The average molecular weight is 272 g/mol. The summed E-state index contributed by atoms with van der Waals surface area (Å²) in [6.07, 6.45) is 0. The normalized spacial score (nSPS) is 10.1. The fraction of sp³-hybridized carbons (Fsp3) is 0. The topological polar surface area (TPSA) is 26.3 Å². The van der Waals surface area contributed by atoms with Crippen molar-refractivity contribution in [3.8, 4) is 11.5 Å². The van der Waals surface area contributed by atoms with E-state index < -0.39 is 0 Å². The highest BCUT2D eigenvalue weighted by Crippen LogP contribution is 2.21. The van der Waals surface area contributed by atoms with E-state index in [1.807, 2.05) is 18.2 Å². The van der Waals surface area contributed by atoms with Gasteiger partial charge in [-0.3, -0.25) is 4.79 Å². The van der Waals surface area contributed by atoms with E-state index in [0.29, 0.717) is 22.6 Å². The van der Waals surface area contributed by atoms with Crippen molar-refractivity contribution in [3.05, 3.63) is 96.1 Å². The molecule has 2 radical (unpaired) electrons. The molecule has 0 amide bonds. The van der Waals surface area contributed by atoms with Gasteiger partial charge >= 0.3 is 0 Å². The molecule has 0 heterocycles. The first-order valence-corrected chi connectivity index (χ1v) is 6.58. The average Bonchev–Trinajstić information content (AvgIpc) is 2.57. The smallest absolute Gasteiger partial charge is 0.193 e. The molecule has 0 aliphatic rings. The van der Waals surface area contributed by atoms with E-state index in [0.717, 1.165) is 0 Å². The van der Waals surface area contributed by atoms with E-state index in [1.165, 1.54) is 0 Å². The maximum absolute atomic E-state index is 12.3. The molecule has 100 valence electrons. The molecule has 3 rings (SSSR count). The second kappa shape index (κ2) is 6.06. The van der Waals surface area contributed by atoms with E-state index in [-0.39, 0.29) is 5.78 Å². The predicted octanol–water partition coefficient (Wildman–Crippen LogP) is 4.31. The van der Waals surface area contributed by atoms with Crippen LogP contribution in [0.1, 0.15) is 15.9 Å². The quantitative estimate of drug-likeness (QED) is 0.661. The lowest BCUT2D eigenvalue weighted by Gasteiger charge is -2.06. The molecule has 0 fully saturated rings. The minimum absolute atomic E-state index is 0.0122. The molecule has 0 saturated heterocycles. The Bertz CT molecular complexity index is 717. The second-order valence-corrected chi connectivity index (χ2v) is 4.47. The van der Waals surface area contributed by atoms with Gasteiger partial charge in [-0.05, 0) is 36.4 Å². The minimum Gasteiger partial charge on any atom is -0.457 e. The van der Waals surface area contributed by atoms with Gasteiger partial charge in [-0.25, -0.2) is 0 Å². The monoisotopic (exact) mass is 272 g/mol. The molecule has 0 unspecified atom stereocenters. The molecule has 3 aromatic carbocycles. The Balaban J connectivity index is 1.77. The van der Waals surface area contributed by atoms with Crippen LogP contribution in [0.5, 0.6) is 11.5 Å². The zero-order valence-electron chi connectivity index (χ0n) is 11.2. The maximum Gasteiger partial charge on any atom is 0.193 e. The summed E-state index contributed by atoms with van der Waals surface area (Å²) in [4.78, 5) is 12.3. The number of benzene rings is 3. The van der Waals surface area contributed by atoms with Crippen LogP contribution in [0.2, 0.25) is 0 Å². The van der Waals surface area contributed by atoms with Crippen LogP contribution < -0.4 is 4.74 Å². The van der Waals surface area contributed by atoms with Crippen molar-refractivity contribution in [1.29, 1.82) is 0 Å². The van der Waals surface area contributed by atoms with Crippen LogP contribution in [0.4, 0.5) is 0 Å². The summed E-state index contributed by atoms with van der Waals surface area (Å²) in [6, 6.07) is 27.3. The lowest BCUT2D eigenvalue weighted by Crippen LogP contribution is -2.00. The van der Waals surface area contributed by atoms with Crippen molar-refractivity contribution in [1.82, 2.24) is 0 Å². The van der Waals surface area contributed by atoms with Crippen molar-refractivity contribution in [3.63, 3.8) is 0 Å². The van der Waals surface area contributed by atoms with Crippen molar-refractivity contribution in [2.75, 3.05) is 0 Å². The number of para-hydroxylation sites is 1. The van der Waals surface area contributed by atoms with Gasteiger partial charge in [-0.1, -0.05) is 42.5 Å². The Morgan fingerprint density at radius 3 is 2.19 bits per heavy atom. The molecule has 2 nitrogen and oxygen atoms in total. The molecule has 0 aromatic heterocycles.